The number of halogens is 1. The Kier molecular flexibility index (Phi) is 11.7. The van der Waals surface area contributed by atoms with Gasteiger partial charge in [-0.15, -0.1) is 0 Å². The number of rotatable bonds is 10. The normalized spacial score (nSPS) is 18.1. The van der Waals surface area contributed by atoms with Crippen LogP contribution < -0.4 is 17.3 Å². The van der Waals surface area contributed by atoms with Gasteiger partial charge in [0.05, 0.1) is 12.7 Å². The average Bonchev–Trinajstić information content (AvgIpc) is 2.79. The summed E-state index contributed by atoms with van der Waals surface area (Å²) in [7, 11) is 0. The van der Waals surface area contributed by atoms with Gasteiger partial charge in [0.15, 0.2) is 6.67 Å². The van der Waals surface area contributed by atoms with E-state index in [0.717, 1.165) is 20.0 Å². The second-order valence-corrected chi connectivity index (χ2v) is 4.92. The Morgan fingerprint density at radius 2 is 1.89 bits per heavy atom. The first-order valence-corrected chi connectivity index (χ1v) is 7.21. The summed E-state index contributed by atoms with van der Waals surface area (Å²) in [5, 5.41) is 0. The molecule has 4 heteroatoms. The van der Waals surface area contributed by atoms with Crippen LogP contribution in [0.15, 0.2) is 12.4 Å². The number of hydrogen-bond donors (Lipinski definition) is 1. The van der Waals surface area contributed by atoms with E-state index in [2.05, 4.69) is 31.1 Å². The fourth-order valence-electron chi connectivity index (χ4n) is 2.04. The van der Waals surface area contributed by atoms with Crippen molar-refractivity contribution in [2.45, 2.75) is 52.4 Å². The molecule has 1 rings (SSSR count). The van der Waals surface area contributed by atoms with Crippen molar-refractivity contribution in [3.63, 3.8) is 0 Å². The zero-order valence-corrected chi connectivity index (χ0v) is 12.7. The Hall–Kier alpha value is -0.250. The maximum atomic E-state index is 5.68. The van der Waals surface area contributed by atoms with Crippen LogP contribution in [0.2, 0.25) is 0 Å². The molecular weight excluding hydrogens is 248 g/mol. The first kappa shape index (κ1) is 17.8. The van der Waals surface area contributed by atoms with Gasteiger partial charge in [0, 0.05) is 6.61 Å². The predicted octanol–water partition coefficient (Wildman–Crippen LogP) is -1.03. The van der Waals surface area contributed by atoms with Gasteiger partial charge < -0.3 is 22.0 Å². The minimum Gasteiger partial charge on any atom is -1.00 e. The summed E-state index contributed by atoms with van der Waals surface area (Å²) in [6, 6.07) is 0. The maximum absolute atomic E-state index is 5.68. The van der Waals surface area contributed by atoms with E-state index in [0.29, 0.717) is 0 Å². The first-order chi connectivity index (χ1) is 8.36. The minimum atomic E-state index is 0. The average molecular weight is 277 g/mol. The van der Waals surface area contributed by atoms with Crippen molar-refractivity contribution >= 4 is 0 Å². The first-order valence-electron chi connectivity index (χ1n) is 7.21. The summed E-state index contributed by atoms with van der Waals surface area (Å²) in [5.74, 6) is 0. The van der Waals surface area contributed by atoms with Gasteiger partial charge in [-0.25, -0.2) is 0 Å². The Balaban J connectivity index is 0.00000289. The third kappa shape index (κ3) is 7.96. The van der Waals surface area contributed by atoms with Gasteiger partial charge in [-0.05, 0) is 12.8 Å². The van der Waals surface area contributed by atoms with E-state index in [-0.39, 0.29) is 12.4 Å². The van der Waals surface area contributed by atoms with E-state index in [1.165, 1.54) is 45.1 Å². The molecule has 0 aliphatic carbocycles. The highest BCUT2D eigenvalue weighted by atomic mass is 35.5. The molecule has 108 valence electrons. The van der Waals surface area contributed by atoms with Crippen molar-refractivity contribution in [3.8, 4) is 0 Å². The van der Waals surface area contributed by atoms with Crippen molar-refractivity contribution in [2.24, 2.45) is 0 Å². The molecule has 0 aromatic heterocycles. The lowest BCUT2D eigenvalue weighted by Gasteiger charge is -2.16. The SMILES string of the molecule is CCCCCCOCN1C=C[NH+](CCCC)C1.[Cl-]. The molecule has 0 aromatic carbocycles. The zero-order valence-electron chi connectivity index (χ0n) is 12.0. The molecule has 1 aliphatic rings. The van der Waals surface area contributed by atoms with Crippen LogP contribution in [0.1, 0.15) is 52.4 Å². The van der Waals surface area contributed by atoms with Crippen LogP contribution in [0.4, 0.5) is 0 Å². The minimum absolute atomic E-state index is 0. The topological polar surface area (TPSA) is 16.9 Å². The van der Waals surface area contributed by atoms with Crippen molar-refractivity contribution in [3.05, 3.63) is 12.4 Å². The van der Waals surface area contributed by atoms with Crippen LogP contribution in [0.25, 0.3) is 0 Å². The fourth-order valence-corrected chi connectivity index (χ4v) is 2.04. The molecule has 1 aliphatic heterocycles. The number of hydrogen-bond acceptors (Lipinski definition) is 2. The van der Waals surface area contributed by atoms with Crippen LogP contribution in [0.3, 0.4) is 0 Å². The molecule has 0 saturated carbocycles. The summed E-state index contributed by atoms with van der Waals surface area (Å²) in [6.45, 7) is 8.49. The Labute approximate surface area is 119 Å². The maximum Gasteiger partial charge on any atom is 0.158 e. The van der Waals surface area contributed by atoms with E-state index in [1.54, 1.807) is 4.90 Å². The van der Waals surface area contributed by atoms with Crippen LogP contribution in [-0.4, -0.2) is 31.5 Å². The molecular formula is C14H29ClN2O. The molecule has 0 amide bonds. The number of unbranched alkanes of at least 4 members (excludes halogenated alkanes) is 4. The lowest BCUT2D eigenvalue weighted by molar-refractivity contribution is -0.849. The molecule has 0 spiro atoms. The highest BCUT2D eigenvalue weighted by molar-refractivity contribution is 4.75. The van der Waals surface area contributed by atoms with Gasteiger partial charge in [0.2, 0.25) is 0 Å². The number of nitrogens with one attached hydrogen (secondary N) is 1. The highest BCUT2D eigenvalue weighted by Crippen LogP contribution is 2.00. The van der Waals surface area contributed by atoms with Crippen LogP contribution in [0, 0.1) is 0 Å². The highest BCUT2D eigenvalue weighted by Gasteiger charge is 2.15. The van der Waals surface area contributed by atoms with Gasteiger partial charge >= 0.3 is 0 Å². The van der Waals surface area contributed by atoms with Gasteiger partial charge in [0.1, 0.15) is 12.9 Å². The van der Waals surface area contributed by atoms with Crippen LogP contribution >= 0.6 is 0 Å². The van der Waals surface area contributed by atoms with Gasteiger partial charge in [-0.1, -0.05) is 39.5 Å². The van der Waals surface area contributed by atoms with Crippen LogP contribution in [-0.2, 0) is 4.74 Å². The summed E-state index contributed by atoms with van der Waals surface area (Å²) in [4.78, 5) is 3.83. The molecule has 0 fully saturated rings. The van der Waals surface area contributed by atoms with Crippen molar-refractivity contribution in [1.29, 1.82) is 0 Å². The van der Waals surface area contributed by atoms with Gasteiger partial charge in [-0.3, -0.25) is 4.90 Å². The molecule has 0 aromatic rings. The lowest BCUT2D eigenvalue weighted by atomic mass is 10.2. The summed E-state index contributed by atoms with van der Waals surface area (Å²) in [6.07, 6.45) is 12.2. The van der Waals surface area contributed by atoms with E-state index in [9.17, 15) is 0 Å². The Morgan fingerprint density at radius 1 is 1.11 bits per heavy atom. The number of ether oxygens (including phenoxy) is 1. The second kappa shape index (κ2) is 11.8. The third-order valence-electron chi connectivity index (χ3n) is 3.18. The fraction of sp³-hybridized carbons (Fsp3) is 0.857. The second-order valence-electron chi connectivity index (χ2n) is 4.92. The lowest BCUT2D eigenvalue weighted by Crippen LogP contribution is -3.07. The summed E-state index contributed by atoms with van der Waals surface area (Å²) in [5.41, 5.74) is 0. The molecule has 3 nitrogen and oxygen atoms in total. The molecule has 1 atom stereocenters. The molecule has 0 bridgehead atoms. The summed E-state index contributed by atoms with van der Waals surface area (Å²) >= 11 is 0. The summed E-state index contributed by atoms with van der Waals surface area (Å²) < 4.78 is 5.68. The molecule has 18 heavy (non-hydrogen) atoms. The number of nitrogens with zero attached hydrogens (tertiary/aromatic N) is 1. The van der Waals surface area contributed by atoms with Crippen LogP contribution in [0.5, 0.6) is 0 Å². The Morgan fingerprint density at radius 3 is 2.61 bits per heavy atom. The molecule has 1 unspecified atom stereocenters. The largest absolute Gasteiger partial charge is 1.00 e. The quantitative estimate of drug-likeness (QED) is 0.514. The monoisotopic (exact) mass is 276 g/mol. The third-order valence-corrected chi connectivity index (χ3v) is 3.18. The standard InChI is InChI=1S/C14H28N2O.ClH/c1-3-5-7-8-12-17-14-16-11-10-15(13-16)9-6-4-2;/h10-11H,3-9,12-14H2,1-2H3;1H. The zero-order chi connectivity index (χ0) is 12.3. The smallest absolute Gasteiger partial charge is 0.158 e. The molecule has 0 saturated heterocycles. The van der Waals surface area contributed by atoms with E-state index in [1.807, 2.05) is 0 Å². The van der Waals surface area contributed by atoms with Gasteiger partial charge in [0.25, 0.3) is 0 Å². The molecule has 0 radical (unpaired) electrons. The van der Waals surface area contributed by atoms with Gasteiger partial charge in [-0.2, -0.15) is 0 Å². The van der Waals surface area contributed by atoms with Crippen molar-refractivity contribution < 1.29 is 22.0 Å². The van der Waals surface area contributed by atoms with E-state index in [4.69, 9.17) is 4.74 Å². The predicted molar refractivity (Wildman–Crippen MR) is 71.5 cm³/mol. The van der Waals surface area contributed by atoms with Crippen molar-refractivity contribution in [1.82, 2.24) is 4.90 Å². The van der Waals surface area contributed by atoms with E-state index < -0.39 is 0 Å². The van der Waals surface area contributed by atoms with E-state index >= 15 is 0 Å². The van der Waals surface area contributed by atoms with Crippen molar-refractivity contribution in [2.75, 3.05) is 26.6 Å². The number of quaternary nitrogens is 1. The Bertz CT molecular complexity index is 212. The molecule has 1 N–H and O–H groups in total. The molecule has 1 heterocycles.